The van der Waals surface area contributed by atoms with E-state index in [1.807, 2.05) is 27.7 Å². The zero-order valence-corrected chi connectivity index (χ0v) is 20.0. The van der Waals surface area contributed by atoms with Crippen LogP contribution in [-0.4, -0.2) is 62.9 Å². The minimum absolute atomic E-state index is 0.0647. The number of rotatable bonds is 13. The van der Waals surface area contributed by atoms with Crippen LogP contribution in [0.1, 0.15) is 40.5 Å². The maximum Gasteiger partial charge on any atom is 0.323 e. The first-order valence-corrected chi connectivity index (χ1v) is 11.3. The van der Waals surface area contributed by atoms with Crippen molar-refractivity contribution in [3.63, 3.8) is 0 Å². The van der Waals surface area contributed by atoms with Gasteiger partial charge in [0.1, 0.15) is 38.1 Å². The average molecular weight is 482 g/mol. The molecule has 13 heteroatoms. The molecule has 190 valence electrons. The summed E-state index contributed by atoms with van der Waals surface area (Å²) >= 11 is 0. The number of carbonyl (C=O) groups is 2. The van der Waals surface area contributed by atoms with Gasteiger partial charge in [-0.3, -0.25) is 23.9 Å². The highest BCUT2D eigenvalue weighted by atomic mass is 16.6. The van der Waals surface area contributed by atoms with Crippen molar-refractivity contribution >= 4 is 29.1 Å². The number of nitrogens with zero attached hydrogens (tertiary/aromatic N) is 3. The fraction of sp³-hybridized carbons (Fsp3) is 0.667. The second-order valence-corrected chi connectivity index (χ2v) is 8.34. The minimum Gasteiger partial charge on any atom is -0.462 e. The number of ether oxygens (including phenoxy) is 3. The number of hydrogen-bond acceptors (Lipinski definition) is 11. The molecule has 2 aromatic rings. The van der Waals surface area contributed by atoms with Crippen molar-refractivity contribution in [2.24, 2.45) is 23.3 Å². The Labute approximate surface area is 197 Å². The number of aromatic nitrogens is 4. The van der Waals surface area contributed by atoms with Crippen LogP contribution in [0.2, 0.25) is 0 Å². The summed E-state index contributed by atoms with van der Waals surface area (Å²) in [5, 5.41) is 0. The summed E-state index contributed by atoms with van der Waals surface area (Å²) in [6.45, 7) is 7.00. The number of H-pyrrole nitrogens is 1. The molecule has 34 heavy (non-hydrogen) atoms. The lowest BCUT2D eigenvalue weighted by Crippen LogP contribution is -2.41. The Balaban J connectivity index is 2.09. The van der Waals surface area contributed by atoms with Crippen molar-refractivity contribution in [2.75, 3.05) is 18.9 Å². The van der Waals surface area contributed by atoms with Gasteiger partial charge < -0.3 is 31.4 Å². The Morgan fingerprint density at radius 1 is 1.06 bits per heavy atom. The lowest BCUT2D eigenvalue weighted by Gasteiger charge is -2.22. The third kappa shape index (κ3) is 6.98. The van der Waals surface area contributed by atoms with Crippen molar-refractivity contribution in [3.8, 4) is 0 Å². The van der Waals surface area contributed by atoms with Gasteiger partial charge in [-0.15, -0.1) is 0 Å². The molecule has 0 bridgehead atoms. The van der Waals surface area contributed by atoms with E-state index >= 15 is 0 Å². The largest absolute Gasteiger partial charge is 0.462 e. The summed E-state index contributed by atoms with van der Waals surface area (Å²) in [6, 6.07) is -1.58. The van der Waals surface area contributed by atoms with Crippen LogP contribution in [0.15, 0.2) is 11.1 Å². The number of fused-ring (bicyclic) bond motifs is 1. The molecule has 0 amide bonds. The van der Waals surface area contributed by atoms with Gasteiger partial charge in [-0.1, -0.05) is 40.5 Å². The molecule has 0 saturated carbocycles. The number of anilines is 1. The van der Waals surface area contributed by atoms with Gasteiger partial charge in [0, 0.05) is 0 Å². The molecule has 0 aliphatic carbocycles. The van der Waals surface area contributed by atoms with Gasteiger partial charge in [0.05, 0.1) is 6.33 Å². The minimum atomic E-state index is -0.835. The number of nitrogens with two attached hydrogens (primary N) is 3. The van der Waals surface area contributed by atoms with E-state index < -0.39 is 35.7 Å². The zero-order chi connectivity index (χ0) is 25.4. The highest BCUT2D eigenvalue weighted by Gasteiger charge is 2.25. The Morgan fingerprint density at radius 3 is 2.09 bits per heavy atom. The first-order valence-electron chi connectivity index (χ1n) is 11.3. The highest BCUT2D eigenvalue weighted by molar-refractivity contribution is 5.76. The van der Waals surface area contributed by atoms with Crippen LogP contribution in [0.5, 0.6) is 0 Å². The SMILES string of the molecule is CC[C@H](C)[C@H](N)C(=O)OCC(COC(=O)[C@@H](N)[C@@H](C)CC)OCn1cnc2c(=O)[nH]c(N)nc21. The number of nitrogen functional groups attached to an aromatic ring is 1. The Bertz CT molecular complexity index is 991. The number of nitrogens with one attached hydrogen (secondary N) is 1. The summed E-state index contributed by atoms with van der Waals surface area (Å²) in [4.78, 5) is 47.0. The molecule has 0 aliphatic heterocycles. The zero-order valence-electron chi connectivity index (χ0n) is 20.0. The summed E-state index contributed by atoms with van der Waals surface area (Å²) < 4.78 is 17.9. The number of carbonyl (C=O) groups excluding carboxylic acids is 2. The van der Waals surface area contributed by atoms with Gasteiger partial charge in [0.15, 0.2) is 11.2 Å². The van der Waals surface area contributed by atoms with E-state index in [0.29, 0.717) is 12.8 Å². The molecule has 13 nitrogen and oxygen atoms in total. The molecule has 0 spiro atoms. The molecule has 2 heterocycles. The van der Waals surface area contributed by atoms with E-state index in [2.05, 4.69) is 15.0 Å². The standard InChI is InChI=1S/C21H35N7O6/c1-5-11(3)14(22)19(30)32-7-13(8-33-20(31)15(23)12(4)6-2)34-10-28-9-25-16-17(28)26-21(24)27-18(16)29/h9,11-15H,5-8,10,22-23H2,1-4H3,(H3,24,26,27,29)/t11-,12-,14-,15-/m0/s1. The molecule has 0 saturated heterocycles. The third-order valence-electron chi connectivity index (χ3n) is 5.82. The molecule has 0 unspecified atom stereocenters. The lowest BCUT2D eigenvalue weighted by molar-refractivity contribution is -0.160. The molecule has 7 N–H and O–H groups in total. The predicted octanol–water partition coefficient (Wildman–Crippen LogP) is -0.122. The molecule has 0 aromatic carbocycles. The second kappa shape index (κ2) is 12.4. The Hall–Kier alpha value is -3.03. The molecule has 0 fully saturated rings. The molecule has 2 rings (SSSR count). The summed E-state index contributed by atoms with van der Waals surface area (Å²) in [5.74, 6) is -1.37. The summed E-state index contributed by atoms with van der Waals surface area (Å²) in [5.41, 5.74) is 17.3. The van der Waals surface area contributed by atoms with Crippen LogP contribution in [0.4, 0.5) is 5.95 Å². The van der Waals surface area contributed by atoms with Crippen molar-refractivity contribution in [1.29, 1.82) is 0 Å². The number of imidazole rings is 1. The second-order valence-electron chi connectivity index (χ2n) is 8.34. The third-order valence-corrected chi connectivity index (χ3v) is 5.82. The fourth-order valence-electron chi connectivity index (χ4n) is 2.91. The predicted molar refractivity (Wildman–Crippen MR) is 124 cm³/mol. The average Bonchev–Trinajstić information content (AvgIpc) is 3.23. The molecular weight excluding hydrogens is 446 g/mol. The van der Waals surface area contributed by atoms with Crippen molar-refractivity contribution in [1.82, 2.24) is 19.5 Å². The first kappa shape index (κ1) is 27.2. The van der Waals surface area contributed by atoms with Crippen LogP contribution >= 0.6 is 0 Å². The monoisotopic (exact) mass is 481 g/mol. The van der Waals surface area contributed by atoms with E-state index in [9.17, 15) is 14.4 Å². The van der Waals surface area contributed by atoms with Crippen LogP contribution < -0.4 is 22.8 Å². The molecular formula is C21H35N7O6. The van der Waals surface area contributed by atoms with Crippen molar-refractivity contribution in [2.45, 2.75) is 65.5 Å². The van der Waals surface area contributed by atoms with E-state index in [4.69, 9.17) is 31.4 Å². The highest BCUT2D eigenvalue weighted by Crippen LogP contribution is 2.11. The molecule has 0 radical (unpaired) electrons. The van der Waals surface area contributed by atoms with Gasteiger partial charge in [-0.2, -0.15) is 4.98 Å². The maximum absolute atomic E-state index is 12.3. The smallest absolute Gasteiger partial charge is 0.323 e. The van der Waals surface area contributed by atoms with Crippen LogP contribution in [-0.2, 0) is 30.5 Å². The van der Waals surface area contributed by atoms with Gasteiger partial charge in [-0.05, 0) is 11.8 Å². The van der Waals surface area contributed by atoms with Crippen molar-refractivity contribution in [3.05, 3.63) is 16.7 Å². The van der Waals surface area contributed by atoms with Crippen molar-refractivity contribution < 1.29 is 23.8 Å². The molecule has 4 atom stereocenters. The number of hydrogen-bond donors (Lipinski definition) is 4. The maximum atomic E-state index is 12.3. The normalized spacial score (nSPS) is 15.1. The van der Waals surface area contributed by atoms with Gasteiger partial charge in [0.2, 0.25) is 5.95 Å². The van der Waals surface area contributed by atoms with Gasteiger partial charge in [-0.25, -0.2) is 4.98 Å². The van der Waals surface area contributed by atoms with E-state index in [1.165, 1.54) is 10.9 Å². The van der Waals surface area contributed by atoms with Crippen LogP contribution in [0.3, 0.4) is 0 Å². The lowest BCUT2D eigenvalue weighted by atomic mass is 10.0. The molecule has 0 aliphatic rings. The number of esters is 2. The summed E-state index contributed by atoms with van der Waals surface area (Å²) in [7, 11) is 0. The topological polar surface area (TPSA) is 203 Å². The quantitative estimate of drug-likeness (QED) is 0.277. The van der Waals surface area contributed by atoms with E-state index in [0.717, 1.165) is 0 Å². The van der Waals surface area contributed by atoms with E-state index in [1.54, 1.807) is 0 Å². The van der Waals surface area contributed by atoms with Crippen LogP contribution in [0, 0.1) is 11.8 Å². The van der Waals surface area contributed by atoms with Gasteiger partial charge in [0.25, 0.3) is 5.56 Å². The van der Waals surface area contributed by atoms with Crippen LogP contribution in [0.25, 0.3) is 11.2 Å². The Kier molecular flexibility index (Phi) is 9.96. The summed E-state index contributed by atoms with van der Waals surface area (Å²) in [6.07, 6.45) is 1.95. The van der Waals surface area contributed by atoms with E-state index in [-0.39, 0.29) is 48.9 Å². The first-order chi connectivity index (χ1) is 16.1. The Morgan fingerprint density at radius 2 is 1.59 bits per heavy atom. The fourth-order valence-corrected chi connectivity index (χ4v) is 2.91. The molecule has 2 aromatic heterocycles. The number of aromatic amines is 1. The van der Waals surface area contributed by atoms with Gasteiger partial charge >= 0.3 is 11.9 Å².